The predicted molar refractivity (Wildman–Crippen MR) is 83.5 cm³/mol. The van der Waals surface area contributed by atoms with Gasteiger partial charge in [-0.25, -0.2) is 0 Å². The zero-order valence-corrected chi connectivity index (χ0v) is 13.1. The van der Waals surface area contributed by atoms with Gasteiger partial charge in [-0.15, -0.1) is 0 Å². The average molecular weight is 277 g/mol. The highest BCUT2D eigenvalue weighted by molar-refractivity contribution is 5.90. The topological polar surface area (TPSA) is 68.0 Å². The Morgan fingerprint density at radius 3 is 2.60 bits per heavy atom. The largest absolute Gasteiger partial charge is 0.330 e. The van der Waals surface area contributed by atoms with Crippen molar-refractivity contribution in [2.75, 3.05) is 11.9 Å². The number of anilines is 1. The Hall–Kier alpha value is -1.42. The number of rotatable bonds is 6. The molecule has 0 bridgehead atoms. The number of amides is 1. The molecule has 4 nitrogen and oxygen atoms in total. The van der Waals surface area contributed by atoms with Gasteiger partial charge in [0.05, 0.1) is 11.9 Å². The molecule has 20 heavy (non-hydrogen) atoms. The molecule has 1 atom stereocenters. The molecule has 0 saturated carbocycles. The molecule has 0 aliphatic carbocycles. The van der Waals surface area contributed by atoms with Crippen molar-refractivity contribution in [1.82, 2.24) is 4.98 Å². The molecular weight excluding hydrogens is 250 g/mol. The summed E-state index contributed by atoms with van der Waals surface area (Å²) in [6, 6.07) is 1.92. The van der Waals surface area contributed by atoms with Crippen LogP contribution < -0.4 is 11.1 Å². The van der Waals surface area contributed by atoms with Gasteiger partial charge in [0.25, 0.3) is 0 Å². The van der Waals surface area contributed by atoms with Crippen LogP contribution in [-0.2, 0) is 4.79 Å². The summed E-state index contributed by atoms with van der Waals surface area (Å²) < 4.78 is 0. The monoisotopic (exact) mass is 277 g/mol. The zero-order valence-electron chi connectivity index (χ0n) is 13.1. The summed E-state index contributed by atoms with van der Waals surface area (Å²) in [5.41, 5.74) is 7.65. The number of nitrogens with two attached hydrogens (primary N) is 1. The molecule has 0 aliphatic rings. The van der Waals surface area contributed by atoms with Crippen LogP contribution >= 0.6 is 0 Å². The second kappa shape index (κ2) is 7.39. The first-order valence-electron chi connectivity index (χ1n) is 7.24. The van der Waals surface area contributed by atoms with Gasteiger partial charge in [0.1, 0.15) is 0 Å². The normalized spacial score (nSPS) is 13.1. The summed E-state index contributed by atoms with van der Waals surface area (Å²) >= 11 is 0. The second-order valence-corrected chi connectivity index (χ2v) is 6.48. The lowest BCUT2D eigenvalue weighted by molar-refractivity contribution is -0.116. The zero-order chi connectivity index (χ0) is 15.2. The van der Waals surface area contributed by atoms with Crippen molar-refractivity contribution in [3.8, 4) is 0 Å². The van der Waals surface area contributed by atoms with E-state index in [-0.39, 0.29) is 11.3 Å². The standard InChI is InChI=1S/C16H27N3O/c1-12-9-14(11-18-10-12)19-15(20)6-5-13(7-8-17)16(2,3)4/h9-11,13H,5-8,17H2,1-4H3,(H,19,20). The third-order valence-corrected chi connectivity index (χ3v) is 3.62. The number of aryl methyl sites for hydroxylation is 1. The summed E-state index contributed by atoms with van der Waals surface area (Å²) in [5.74, 6) is 0.512. The van der Waals surface area contributed by atoms with Crippen molar-refractivity contribution < 1.29 is 4.79 Å². The summed E-state index contributed by atoms with van der Waals surface area (Å²) in [6.45, 7) is 9.24. The van der Waals surface area contributed by atoms with Gasteiger partial charge < -0.3 is 11.1 Å². The first-order valence-corrected chi connectivity index (χ1v) is 7.24. The maximum Gasteiger partial charge on any atom is 0.224 e. The third kappa shape index (κ3) is 5.70. The number of nitrogens with zero attached hydrogens (tertiary/aromatic N) is 1. The van der Waals surface area contributed by atoms with Crippen LogP contribution in [0.1, 0.15) is 45.6 Å². The highest BCUT2D eigenvalue weighted by Crippen LogP contribution is 2.32. The Balaban J connectivity index is 2.50. The third-order valence-electron chi connectivity index (χ3n) is 3.62. The smallest absolute Gasteiger partial charge is 0.224 e. The Kier molecular flexibility index (Phi) is 6.14. The van der Waals surface area contributed by atoms with Crippen LogP contribution in [0.3, 0.4) is 0 Å². The van der Waals surface area contributed by atoms with Gasteiger partial charge in [-0.3, -0.25) is 9.78 Å². The molecule has 1 amide bonds. The van der Waals surface area contributed by atoms with Gasteiger partial charge in [-0.05, 0) is 49.3 Å². The highest BCUT2D eigenvalue weighted by Gasteiger charge is 2.24. The van der Waals surface area contributed by atoms with Gasteiger partial charge >= 0.3 is 0 Å². The van der Waals surface area contributed by atoms with Crippen molar-refractivity contribution in [3.05, 3.63) is 24.0 Å². The maximum absolute atomic E-state index is 12.0. The molecule has 4 heteroatoms. The van der Waals surface area contributed by atoms with Gasteiger partial charge in [0.2, 0.25) is 5.91 Å². The molecule has 1 heterocycles. The lowest BCUT2D eigenvalue weighted by Crippen LogP contribution is -2.25. The van der Waals surface area contributed by atoms with Crippen LogP contribution in [0.5, 0.6) is 0 Å². The summed E-state index contributed by atoms with van der Waals surface area (Å²) in [4.78, 5) is 16.1. The Morgan fingerprint density at radius 2 is 2.05 bits per heavy atom. The van der Waals surface area contributed by atoms with Crippen LogP contribution in [0.4, 0.5) is 5.69 Å². The molecule has 112 valence electrons. The Bertz CT molecular complexity index is 438. The maximum atomic E-state index is 12.0. The van der Waals surface area contributed by atoms with Crippen molar-refractivity contribution in [2.24, 2.45) is 17.1 Å². The molecule has 1 aromatic rings. The van der Waals surface area contributed by atoms with Gasteiger partial charge in [0, 0.05) is 12.6 Å². The molecule has 0 fully saturated rings. The van der Waals surface area contributed by atoms with E-state index in [9.17, 15) is 4.79 Å². The summed E-state index contributed by atoms with van der Waals surface area (Å²) in [5, 5.41) is 2.90. The van der Waals surface area contributed by atoms with Crippen LogP contribution in [0, 0.1) is 18.3 Å². The van der Waals surface area contributed by atoms with E-state index < -0.39 is 0 Å². The summed E-state index contributed by atoms with van der Waals surface area (Å²) in [7, 11) is 0. The highest BCUT2D eigenvalue weighted by atomic mass is 16.1. The van der Waals surface area contributed by atoms with E-state index in [1.165, 1.54) is 0 Å². The molecule has 1 unspecified atom stereocenters. The number of hydrogen-bond donors (Lipinski definition) is 2. The molecule has 0 spiro atoms. The average Bonchev–Trinajstić information content (AvgIpc) is 2.33. The van der Waals surface area contributed by atoms with Crippen LogP contribution in [0.15, 0.2) is 18.5 Å². The first-order chi connectivity index (χ1) is 9.32. The number of nitrogens with one attached hydrogen (secondary N) is 1. The molecule has 1 rings (SSSR count). The predicted octanol–water partition coefficient (Wildman–Crippen LogP) is 3.12. The second-order valence-electron chi connectivity index (χ2n) is 6.48. The lowest BCUT2D eigenvalue weighted by Gasteiger charge is -2.30. The molecule has 0 radical (unpaired) electrons. The van der Waals surface area contributed by atoms with Crippen LogP contribution in [0.2, 0.25) is 0 Å². The summed E-state index contributed by atoms with van der Waals surface area (Å²) in [6.07, 6.45) is 5.79. The van der Waals surface area contributed by atoms with E-state index in [0.717, 1.165) is 24.1 Å². The minimum Gasteiger partial charge on any atom is -0.330 e. The lowest BCUT2D eigenvalue weighted by atomic mass is 9.76. The van der Waals surface area contributed by atoms with Crippen LogP contribution in [0.25, 0.3) is 0 Å². The molecule has 0 saturated heterocycles. The first kappa shape index (κ1) is 16.6. The minimum absolute atomic E-state index is 0.0451. The van der Waals surface area contributed by atoms with E-state index in [1.54, 1.807) is 12.4 Å². The Morgan fingerprint density at radius 1 is 1.35 bits per heavy atom. The number of carbonyl (C=O) groups excluding carboxylic acids is 1. The van der Waals surface area contributed by atoms with Gasteiger partial charge in [-0.1, -0.05) is 20.8 Å². The number of carbonyl (C=O) groups is 1. The fourth-order valence-electron chi connectivity index (χ4n) is 2.36. The van der Waals surface area contributed by atoms with E-state index in [2.05, 4.69) is 31.1 Å². The van der Waals surface area contributed by atoms with Crippen LogP contribution in [-0.4, -0.2) is 17.4 Å². The van der Waals surface area contributed by atoms with Crippen molar-refractivity contribution in [3.63, 3.8) is 0 Å². The molecule has 1 aromatic heterocycles. The quantitative estimate of drug-likeness (QED) is 0.839. The number of aromatic nitrogens is 1. The molecular formula is C16H27N3O. The van der Waals surface area contributed by atoms with Crippen molar-refractivity contribution in [2.45, 2.75) is 47.0 Å². The fourth-order valence-corrected chi connectivity index (χ4v) is 2.36. The molecule has 0 aromatic carbocycles. The minimum atomic E-state index is 0.0451. The fraction of sp³-hybridized carbons (Fsp3) is 0.625. The number of pyridine rings is 1. The Labute approximate surface area is 122 Å². The van der Waals surface area contributed by atoms with Crippen molar-refractivity contribution in [1.29, 1.82) is 0 Å². The molecule has 0 aliphatic heterocycles. The van der Waals surface area contributed by atoms with E-state index in [0.29, 0.717) is 18.9 Å². The number of hydrogen-bond acceptors (Lipinski definition) is 3. The van der Waals surface area contributed by atoms with Gasteiger partial charge in [-0.2, -0.15) is 0 Å². The van der Waals surface area contributed by atoms with Gasteiger partial charge in [0.15, 0.2) is 0 Å². The van der Waals surface area contributed by atoms with Crippen molar-refractivity contribution >= 4 is 11.6 Å². The molecule has 3 N–H and O–H groups in total. The van der Waals surface area contributed by atoms with E-state index in [4.69, 9.17) is 5.73 Å². The van der Waals surface area contributed by atoms with E-state index in [1.807, 2.05) is 13.0 Å². The SMILES string of the molecule is Cc1cncc(NC(=O)CCC(CCN)C(C)(C)C)c1. The van der Waals surface area contributed by atoms with E-state index >= 15 is 0 Å².